The number of hydrogen-bond acceptors (Lipinski definition) is 2. The smallest absolute Gasteiger partial charge is 0.0894 e. The largest absolute Gasteiger partial charge is 0.252 e. The summed E-state index contributed by atoms with van der Waals surface area (Å²) >= 11 is 3.47. The summed E-state index contributed by atoms with van der Waals surface area (Å²) in [5.41, 5.74) is 4.14. The van der Waals surface area contributed by atoms with Gasteiger partial charge in [0.15, 0.2) is 0 Å². The van der Waals surface area contributed by atoms with Gasteiger partial charge in [0.25, 0.3) is 0 Å². The van der Waals surface area contributed by atoms with Gasteiger partial charge < -0.3 is 0 Å². The van der Waals surface area contributed by atoms with Crippen molar-refractivity contribution in [2.24, 2.45) is 0 Å². The fraction of sp³-hybridized carbons (Fsp3) is 0.231. The van der Waals surface area contributed by atoms with E-state index in [9.17, 15) is 0 Å². The van der Waals surface area contributed by atoms with Crippen LogP contribution >= 0.6 is 15.9 Å². The first-order chi connectivity index (χ1) is 7.83. The average molecular weight is 277 g/mol. The zero-order chi connectivity index (χ0) is 11.4. The summed E-state index contributed by atoms with van der Waals surface area (Å²) in [5.74, 6) is 0. The quantitative estimate of drug-likeness (QED) is 0.797. The highest BCUT2D eigenvalue weighted by Crippen LogP contribution is 2.13. The summed E-state index contributed by atoms with van der Waals surface area (Å²) < 4.78 is 0. The van der Waals surface area contributed by atoms with E-state index in [1.807, 2.05) is 30.5 Å². The standard InChI is InChI=1S/C13H13BrN2/c1-2-10(8-14)7-11-9-15-12-5-3-4-6-13(12)16-11/h3-7,9H,2,8H2,1H3. The molecule has 0 unspecified atom stereocenters. The van der Waals surface area contributed by atoms with E-state index >= 15 is 0 Å². The first-order valence-electron chi connectivity index (χ1n) is 5.30. The van der Waals surface area contributed by atoms with E-state index in [4.69, 9.17) is 0 Å². The minimum atomic E-state index is 0.887. The molecule has 1 aromatic carbocycles. The van der Waals surface area contributed by atoms with Gasteiger partial charge in [-0.3, -0.25) is 4.98 Å². The molecule has 0 saturated heterocycles. The maximum Gasteiger partial charge on any atom is 0.0894 e. The lowest BCUT2D eigenvalue weighted by molar-refractivity contribution is 1.12. The van der Waals surface area contributed by atoms with E-state index in [1.165, 1.54) is 5.57 Å². The minimum Gasteiger partial charge on any atom is -0.252 e. The lowest BCUT2D eigenvalue weighted by atomic mass is 10.2. The summed E-state index contributed by atoms with van der Waals surface area (Å²) in [6.07, 6.45) is 4.94. The zero-order valence-electron chi connectivity index (χ0n) is 9.15. The Morgan fingerprint density at radius 3 is 2.75 bits per heavy atom. The third-order valence-electron chi connectivity index (χ3n) is 2.44. The predicted molar refractivity (Wildman–Crippen MR) is 71.6 cm³/mol. The number of alkyl halides is 1. The van der Waals surface area contributed by atoms with Gasteiger partial charge in [-0.15, -0.1) is 0 Å². The van der Waals surface area contributed by atoms with Crippen molar-refractivity contribution in [2.75, 3.05) is 5.33 Å². The Labute approximate surface area is 104 Å². The predicted octanol–water partition coefficient (Wildman–Crippen LogP) is 3.82. The van der Waals surface area contributed by atoms with Crippen LogP contribution in [0.1, 0.15) is 19.0 Å². The molecular formula is C13H13BrN2. The second kappa shape index (κ2) is 5.21. The molecule has 2 aromatic rings. The Morgan fingerprint density at radius 2 is 2.06 bits per heavy atom. The molecule has 1 aromatic heterocycles. The number of aromatic nitrogens is 2. The molecule has 0 saturated carbocycles. The number of halogens is 1. The highest BCUT2D eigenvalue weighted by molar-refractivity contribution is 9.09. The zero-order valence-corrected chi connectivity index (χ0v) is 10.7. The van der Waals surface area contributed by atoms with Gasteiger partial charge in [-0.2, -0.15) is 0 Å². The molecule has 0 amide bonds. The molecule has 0 aliphatic rings. The van der Waals surface area contributed by atoms with Gasteiger partial charge in [-0.05, 0) is 24.6 Å². The molecule has 2 rings (SSSR count). The van der Waals surface area contributed by atoms with Crippen molar-refractivity contribution < 1.29 is 0 Å². The van der Waals surface area contributed by atoms with Crippen LogP contribution in [0.5, 0.6) is 0 Å². The Hall–Kier alpha value is -1.22. The number of nitrogens with zero attached hydrogens (tertiary/aromatic N) is 2. The normalized spacial score (nSPS) is 12.0. The van der Waals surface area contributed by atoms with Crippen molar-refractivity contribution >= 4 is 33.0 Å². The Balaban J connectivity index is 2.43. The average Bonchev–Trinajstić information content (AvgIpc) is 2.35. The number of benzene rings is 1. The van der Waals surface area contributed by atoms with Gasteiger partial charge in [-0.25, -0.2) is 4.98 Å². The first kappa shape index (κ1) is 11.3. The van der Waals surface area contributed by atoms with Gasteiger partial charge in [0.05, 0.1) is 22.9 Å². The molecular weight excluding hydrogens is 264 g/mol. The highest BCUT2D eigenvalue weighted by atomic mass is 79.9. The fourth-order valence-electron chi connectivity index (χ4n) is 1.49. The van der Waals surface area contributed by atoms with Crippen LogP contribution < -0.4 is 0 Å². The van der Waals surface area contributed by atoms with E-state index < -0.39 is 0 Å². The first-order valence-corrected chi connectivity index (χ1v) is 6.43. The Bertz CT molecular complexity index is 514. The van der Waals surface area contributed by atoms with Crippen molar-refractivity contribution in [2.45, 2.75) is 13.3 Å². The third kappa shape index (κ3) is 2.47. The molecule has 0 fully saturated rings. The van der Waals surface area contributed by atoms with Crippen molar-refractivity contribution in [3.05, 3.63) is 41.7 Å². The van der Waals surface area contributed by atoms with Crippen LogP contribution in [-0.4, -0.2) is 15.3 Å². The van der Waals surface area contributed by atoms with Crippen LogP contribution in [0.2, 0.25) is 0 Å². The second-order valence-corrected chi connectivity index (χ2v) is 4.13. The van der Waals surface area contributed by atoms with Gasteiger partial charge in [0, 0.05) is 5.33 Å². The molecule has 0 aliphatic carbocycles. The summed E-state index contributed by atoms with van der Waals surface area (Å²) in [4.78, 5) is 8.93. The van der Waals surface area contributed by atoms with Crippen molar-refractivity contribution in [3.8, 4) is 0 Å². The maximum absolute atomic E-state index is 4.55. The van der Waals surface area contributed by atoms with Gasteiger partial charge >= 0.3 is 0 Å². The van der Waals surface area contributed by atoms with Crippen LogP contribution in [0.25, 0.3) is 17.1 Å². The lowest BCUT2D eigenvalue weighted by Gasteiger charge is -2.00. The molecule has 1 heterocycles. The molecule has 0 atom stereocenters. The second-order valence-electron chi connectivity index (χ2n) is 3.57. The number of para-hydroxylation sites is 2. The number of rotatable bonds is 3. The molecule has 0 N–H and O–H groups in total. The van der Waals surface area contributed by atoms with E-state index in [0.717, 1.165) is 28.5 Å². The maximum atomic E-state index is 4.55. The molecule has 82 valence electrons. The van der Waals surface area contributed by atoms with E-state index in [2.05, 4.69) is 38.9 Å². The molecule has 0 aliphatic heterocycles. The van der Waals surface area contributed by atoms with Crippen LogP contribution in [0.15, 0.2) is 36.0 Å². The van der Waals surface area contributed by atoms with Gasteiger partial charge in [-0.1, -0.05) is 40.6 Å². The Kier molecular flexibility index (Phi) is 3.67. The van der Waals surface area contributed by atoms with Crippen LogP contribution in [0, 0.1) is 0 Å². The molecule has 0 spiro atoms. The summed E-state index contributed by atoms with van der Waals surface area (Å²) in [5, 5.41) is 0.887. The van der Waals surface area contributed by atoms with E-state index in [0.29, 0.717) is 0 Å². The van der Waals surface area contributed by atoms with Crippen molar-refractivity contribution in [1.82, 2.24) is 9.97 Å². The minimum absolute atomic E-state index is 0.887. The third-order valence-corrected chi connectivity index (χ3v) is 3.17. The highest BCUT2D eigenvalue weighted by Gasteiger charge is 1.98. The SMILES string of the molecule is CCC(=Cc1cnc2ccccc2n1)CBr. The molecule has 0 bridgehead atoms. The molecule has 0 radical (unpaired) electrons. The number of allylic oxidation sites excluding steroid dienone is 1. The lowest BCUT2D eigenvalue weighted by Crippen LogP contribution is -1.89. The topological polar surface area (TPSA) is 25.8 Å². The summed E-state index contributed by atoms with van der Waals surface area (Å²) in [7, 11) is 0. The monoisotopic (exact) mass is 276 g/mol. The van der Waals surface area contributed by atoms with Gasteiger partial charge in [0.1, 0.15) is 0 Å². The fourth-order valence-corrected chi connectivity index (χ4v) is 2.04. The summed E-state index contributed by atoms with van der Waals surface area (Å²) in [6, 6.07) is 7.92. The van der Waals surface area contributed by atoms with E-state index in [-0.39, 0.29) is 0 Å². The van der Waals surface area contributed by atoms with Gasteiger partial charge in [0.2, 0.25) is 0 Å². The molecule has 3 heteroatoms. The van der Waals surface area contributed by atoms with E-state index in [1.54, 1.807) is 0 Å². The number of fused-ring (bicyclic) bond motifs is 1. The number of hydrogen-bond donors (Lipinski definition) is 0. The Morgan fingerprint density at radius 1 is 1.31 bits per heavy atom. The van der Waals surface area contributed by atoms with Crippen LogP contribution in [0.3, 0.4) is 0 Å². The molecule has 16 heavy (non-hydrogen) atoms. The van der Waals surface area contributed by atoms with Crippen molar-refractivity contribution in [1.29, 1.82) is 0 Å². The van der Waals surface area contributed by atoms with Crippen molar-refractivity contribution in [3.63, 3.8) is 0 Å². The molecule has 2 nitrogen and oxygen atoms in total. The summed E-state index contributed by atoms with van der Waals surface area (Å²) in [6.45, 7) is 2.14. The van der Waals surface area contributed by atoms with Crippen LogP contribution in [0.4, 0.5) is 0 Å². The van der Waals surface area contributed by atoms with Crippen LogP contribution in [-0.2, 0) is 0 Å².